The van der Waals surface area contributed by atoms with Gasteiger partial charge in [0, 0.05) is 25.6 Å². The van der Waals surface area contributed by atoms with E-state index in [1.54, 1.807) is 25.1 Å². The first-order chi connectivity index (χ1) is 12.4. The topological polar surface area (TPSA) is 29.5 Å². The molecule has 2 nitrogen and oxygen atoms in total. The second-order valence-corrected chi connectivity index (χ2v) is 6.35. The molecule has 0 saturated carbocycles. The lowest BCUT2D eigenvalue weighted by atomic mass is 9.68. The maximum absolute atomic E-state index is 10.7. The fraction of sp³-hybridized carbons (Fsp3) is 0.579. The standard InChI is InChI=1S/C19H26O2/c1-5-6-13-10-16(20)18-14-9-12(2)7-8-15(14)19(3,4)21-17(18)11-13/h9-11,14-15,20H,5-8H2,1-4H3/t14-,15-/m1/s1/i2D3,3D3/t14-,15-,19?. The van der Waals surface area contributed by atoms with E-state index in [4.69, 9.17) is 13.0 Å². The van der Waals surface area contributed by atoms with Gasteiger partial charge in [-0.1, -0.05) is 25.0 Å². The molecule has 3 rings (SSSR count). The van der Waals surface area contributed by atoms with E-state index in [9.17, 15) is 5.11 Å². The summed E-state index contributed by atoms with van der Waals surface area (Å²) < 4.78 is 53.5. The molecule has 1 heterocycles. The van der Waals surface area contributed by atoms with E-state index >= 15 is 0 Å². The number of benzene rings is 1. The Bertz CT molecular complexity index is 765. The highest BCUT2D eigenvalue weighted by atomic mass is 16.5. The van der Waals surface area contributed by atoms with E-state index in [2.05, 4.69) is 0 Å². The van der Waals surface area contributed by atoms with Gasteiger partial charge in [-0.05, 0) is 57.6 Å². The molecule has 0 fully saturated rings. The molecule has 0 radical (unpaired) electrons. The average Bonchev–Trinajstić information content (AvgIpc) is 2.52. The molecule has 114 valence electrons. The first kappa shape index (κ1) is 8.87. The van der Waals surface area contributed by atoms with Crippen molar-refractivity contribution in [3.63, 3.8) is 0 Å². The molecule has 1 aliphatic carbocycles. The van der Waals surface area contributed by atoms with Crippen LogP contribution in [0.25, 0.3) is 0 Å². The van der Waals surface area contributed by atoms with E-state index in [0.29, 0.717) is 29.7 Å². The van der Waals surface area contributed by atoms with Crippen LogP contribution in [0.1, 0.15) is 72.1 Å². The second-order valence-electron chi connectivity index (χ2n) is 6.35. The highest BCUT2D eigenvalue weighted by Crippen LogP contribution is 2.53. The number of hydrogen-bond donors (Lipinski definition) is 1. The van der Waals surface area contributed by atoms with Gasteiger partial charge in [-0.3, -0.25) is 0 Å². The second kappa shape index (κ2) is 5.08. The van der Waals surface area contributed by atoms with E-state index in [0.717, 1.165) is 18.4 Å². The van der Waals surface area contributed by atoms with Crippen LogP contribution >= 0.6 is 0 Å². The van der Waals surface area contributed by atoms with Crippen molar-refractivity contribution in [1.82, 2.24) is 0 Å². The number of phenolic OH excluding ortho intramolecular Hbond substituents is 1. The predicted molar refractivity (Wildman–Crippen MR) is 86.0 cm³/mol. The zero-order valence-corrected chi connectivity index (χ0v) is 12.6. The highest BCUT2D eigenvalue weighted by Gasteiger charge is 2.45. The van der Waals surface area contributed by atoms with Crippen LogP contribution in [0, 0.1) is 5.92 Å². The van der Waals surface area contributed by atoms with Crippen molar-refractivity contribution in [2.24, 2.45) is 5.92 Å². The molecular weight excluding hydrogens is 260 g/mol. The van der Waals surface area contributed by atoms with Crippen molar-refractivity contribution in [1.29, 1.82) is 0 Å². The van der Waals surface area contributed by atoms with Gasteiger partial charge in [-0.25, -0.2) is 0 Å². The third-order valence-corrected chi connectivity index (χ3v) is 4.62. The number of ether oxygens (including phenoxy) is 1. The van der Waals surface area contributed by atoms with Gasteiger partial charge in [-0.2, -0.15) is 0 Å². The summed E-state index contributed by atoms with van der Waals surface area (Å²) in [5, 5.41) is 10.7. The molecule has 0 bridgehead atoms. The Hall–Kier alpha value is -1.44. The molecule has 1 aromatic carbocycles. The lowest BCUT2D eigenvalue weighted by molar-refractivity contribution is 0.0107. The zero-order chi connectivity index (χ0) is 20.2. The van der Waals surface area contributed by atoms with E-state index in [-0.39, 0.29) is 5.75 Å². The van der Waals surface area contributed by atoms with Gasteiger partial charge in [0.1, 0.15) is 17.1 Å². The van der Waals surface area contributed by atoms with Crippen LogP contribution in [0.2, 0.25) is 0 Å². The molecule has 1 N–H and O–H groups in total. The molecule has 0 aromatic heterocycles. The molecule has 0 spiro atoms. The van der Waals surface area contributed by atoms with Crippen LogP contribution in [-0.4, -0.2) is 10.7 Å². The Balaban J connectivity index is 2.21. The number of fused-ring (bicyclic) bond motifs is 3. The summed E-state index contributed by atoms with van der Waals surface area (Å²) in [5.74, 6) is -0.548. The normalized spacial score (nSPS) is 36.4. The highest BCUT2D eigenvalue weighted by molar-refractivity contribution is 5.53. The summed E-state index contributed by atoms with van der Waals surface area (Å²) in [6.07, 6.45) is 3.95. The number of hydrogen-bond acceptors (Lipinski definition) is 2. The Labute approximate surface area is 136 Å². The fourth-order valence-corrected chi connectivity index (χ4v) is 3.63. The zero-order valence-electron chi connectivity index (χ0n) is 18.6. The maximum Gasteiger partial charge on any atom is 0.127 e. The Morgan fingerprint density at radius 2 is 2.33 bits per heavy atom. The summed E-state index contributed by atoms with van der Waals surface area (Å²) in [6.45, 7) is -1.00. The van der Waals surface area contributed by atoms with E-state index in [1.807, 2.05) is 6.92 Å². The van der Waals surface area contributed by atoms with E-state index in [1.165, 1.54) is 0 Å². The Morgan fingerprint density at radius 3 is 3.05 bits per heavy atom. The molecule has 1 aromatic rings. The summed E-state index contributed by atoms with van der Waals surface area (Å²) in [7, 11) is 0. The van der Waals surface area contributed by atoms with Crippen molar-refractivity contribution in [3.05, 3.63) is 34.9 Å². The van der Waals surface area contributed by atoms with Gasteiger partial charge in [-0.15, -0.1) is 0 Å². The van der Waals surface area contributed by atoms with Crippen molar-refractivity contribution in [2.45, 2.75) is 64.8 Å². The SMILES string of the molecule is [2H]C([2H])([2H])C1=C[C@H]2c3c(O)cc(CCC)cc3OC(C)(C([2H])([2H])[2H])[C@@H]2CC1. The van der Waals surface area contributed by atoms with Crippen LogP contribution < -0.4 is 4.74 Å². The van der Waals surface area contributed by atoms with Crippen molar-refractivity contribution in [3.8, 4) is 11.5 Å². The van der Waals surface area contributed by atoms with Crippen molar-refractivity contribution >= 4 is 0 Å². The smallest absolute Gasteiger partial charge is 0.127 e. The molecule has 1 aliphatic heterocycles. The van der Waals surface area contributed by atoms with E-state index < -0.39 is 31.1 Å². The number of aromatic hydroxyl groups is 1. The minimum absolute atomic E-state index is 0.0431. The molecule has 3 atom stereocenters. The van der Waals surface area contributed by atoms with Crippen molar-refractivity contribution in [2.75, 3.05) is 0 Å². The Kier molecular flexibility index (Phi) is 2.15. The summed E-state index contributed by atoms with van der Waals surface area (Å²) in [4.78, 5) is 0. The first-order valence-corrected chi connectivity index (χ1v) is 7.64. The van der Waals surface area contributed by atoms with Gasteiger partial charge >= 0.3 is 0 Å². The predicted octanol–water partition coefficient (Wildman–Crippen LogP) is 4.96. The fourth-order valence-electron chi connectivity index (χ4n) is 3.63. The van der Waals surface area contributed by atoms with Gasteiger partial charge in [0.15, 0.2) is 0 Å². The number of allylic oxidation sites excluding steroid dienone is 2. The first-order valence-electron chi connectivity index (χ1n) is 10.6. The summed E-state index contributed by atoms with van der Waals surface area (Å²) in [5.41, 5.74) is 0.249. The molecule has 2 aliphatic rings. The largest absolute Gasteiger partial charge is 0.507 e. The van der Waals surface area contributed by atoms with Gasteiger partial charge in [0.2, 0.25) is 0 Å². The van der Waals surface area contributed by atoms with Gasteiger partial charge < -0.3 is 9.84 Å². The van der Waals surface area contributed by atoms with Gasteiger partial charge in [0.25, 0.3) is 0 Å². The van der Waals surface area contributed by atoms with Crippen LogP contribution in [0.15, 0.2) is 23.8 Å². The van der Waals surface area contributed by atoms with Crippen LogP contribution in [0.3, 0.4) is 0 Å². The molecule has 1 unspecified atom stereocenters. The third-order valence-electron chi connectivity index (χ3n) is 4.62. The monoisotopic (exact) mass is 292 g/mol. The molecule has 21 heavy (non-hydrogen) atoms. The van der Waals surface area contributed by atoms with Crippen LogP contribution in [0.4, 0.5) is 0 Å². The molecule has 2 heteroatoms. The maximum atomic E-state index is 10.7. The third kappa shape index (κ3) is 2.45. The number of aryl methyl sites for hydroxylation is 1. The molecular formula is C19H26O2. The van der Waals surface area contributed by atoms with Crippen molar-refractivity contribution < 1.29 is 18.1 Å². The molecule has 0 amide bonds. The van der Waals surface area contributed by atoms with Crippen LogP contribution in [-0.2, 0) is 6.42 Å². The minimum atomic E-state index is -2.38. The quantitative estimate of drug-likeness (QED) is 0.781. The number of rotatable bonds is 2. The number of phenols is 1. The summed E-state index contributed by atoms with van der Waals surface area (Å²) in [6, 6.07) is 3.47. The lowest BCUT2D eigenvalue weighted by Gasteiger charge is -2.46. The van der Waals surface area contributed by atoms with Gasteiger partial charge in [0.05, 0.1) is 0 Å². The van der Waals surface area contributed by atoms with Crippen LogP contribution in [0.5, 0.6) is 11.5 Å². The summed E-state index contributed by atoms with van der Waals surface area (Å²) >= 11 is 0. The lowest BCUT2D eigenvalue weighted by Crippen LogP contribution is -2.45. The molecule has 0 saturated heterocycles. The minimum Gasteiger partial charge on any atom is -0.507 e. The average molecular weight is 292 g/mol. The Morgan fingerprint density at radius 1 is 1.48 bits per heavy atom.